The number of nitrogens with zero attached hydrogens (tertiary/aromatic N) is 6. The Bertz CT molecular complexity index is 1300. The number of carbonyl (C=O) groups is 1. The number of aromatic nitrogens is 4. The highest BCUT2D eigenvalue weighted by atomic mass is 32.2. The summed E-state index contributed by atoms with van der Waals surface area (Å²) in [7, 11) is -2.51. The normalized spacial score (nSPS) is 16.6. The summed E-state index contributed by atoms with van der Waals surface area (Å²) >= 11 is 0. The van der Waals surface area contributed by atoms with Crippen molar-refractivity contribution < 1.29 is 22.2 Å². The van der Waals surface area contributed by atoms with Crippen LogP contribution in [0.4, 0.5) is 23.7 Å². The van der Waals surface area contributed by atoms with Crippen LogP contribution in [0.2, 0.25) is 0 Å². The number of hydrogen-bond acceptors (Lipinski definition) is 6. The molecule has 2 aromatic heterocycles. The van der Waals surface area contributed by atoms with Gasteiger partial charge in [0.25, 0.3) is 0 Å². The Labute approximate surface area is 200 Å². The molecule has 1 aromatic carbocycles. The van der Waals surface area contributed by atoms with Gasteiger partial charge in [0.2, 0.25) is 0 Å². The molecular formula is C22H24F3N7O2S. The molecule has 1 unspecified atom stereocenters. The molecule has 4 rings (SSSR count). The monoisotopic (exact) mass is 507 g/mol. The number of alkyl halides is 3. The number of hydrogen-bond donors (Lipinski definition) is 1. The van der Waals surface area contributed by atoms with Crippen molar-refractivity contribution in [3.05, 3.63) is 60.3 Å². The van der Waals surface area contributed by atoms with E-state index in [0.717, 1.165) is 10.7 Å². The average Bonchev–Trinajstić information content (AvgIpc) is 3.26. The van der Waals surface area contributed by atoms with E-state index in [2.05, 4.69) is 25.7 Å². The molecule has 3 heterocycles. The second-order valence-corrected chi connectivity index (χ2v) is 10.5. The molecule has 3 aromatic rings. The number of rotatable bonds is 5. The lowest BCUT2D eigenvalue weighted by molar-refractivity contribution is -0.138. The van der Waals surface area contributed by atoms with Crippen molar-refractivity contribution in [2.75, 3.05) is 37.2 Å². The van der Waals surface area contributed by atoms with E-state index in [9.17, 15) is 22.2 Å². The molecule has 0 radical (unpaired) electrons. The zero-order valence-electron chi connectivity index (χ0n) is 18.9. The quantitative estimate of drug-likeness (QED) is 0.534. The number of amides is 1. The van der Waals surface area contributed by atoms with Crippen molar-refractivity contribution >= 4 is 27.3 Å². The standard InChI is InChI=1S/C22H24F3N7O2S/c1-35(2,34)29-18-12-28-32(15-18)21(33)31-9-7-30(8-10-31)14-17-4-3-16(11-19(17)22(23,24)25)20-13-26-5-6-27-20/h3-6,11-13,15H,1,7-10,14H2,2H3,(H,29,34). The third-order valence-corrected chi connectivity index (χ3v) is 6.09. The summed E-state index contributed by atoms with van der Waals surface area (Å²) in [5.74, 6) is 3.50. The minimum absolute atomic E-state index is 0.0990. The van der Waals surface area contributed by atoms with Crippen LogP contribution in [-0.2, 0) is 22.4 Å². The third kappa shape index (κ3) is 6.17. The molecule has 1 aliphatic rings. The van der Waals surface area contributed by atoms with Gasteiger partial charge in [0.05, 0.1) is 35.5 Å². The zero-order chi connectivity index (χ0) is 25.2. The van der Waals surface area contributed by atoms with E-state index in [1.54, 1.807) is 11.0 Å². The Morgan fingerprint density at radius 2 is 1.91 bits per heavy atom. The summed E-state index contributed by atoms with van der Waals surface area (Å²) in [6.45, 7) is 1.58. The van der Waals surface area contributed by atoms with Gasteiger partial charge in [0.15, 0.2) is 0 Å². The molecule has 9 nitrogen and oxygen atoms in total. The van der Waals surface area contributed by atoms with Crippen molar-refractivity contribution in [1.82, 2.24) is 29.5 Å². The highest BCUT2D eigenvalue weighted by Crippen LogP contribution is 2.35. The molecule has 186 valence electrons. The zero-order valence-corrected chi connectivity index (χ0v) is 19.7. The van der Waals surface area contributed by atoms with Crippen molar-refractivity contribution in [2.24, 2.45) is 0 Å². The van der Waals surface area contributed by atoms with Gasteiger partial charge in [-0.15, -0.1) is 0 Å². The Balaban J connectivity index is 1.42. The van der Waals surface area contributed by atoms with Crippen LogP contribution < -0.4 is 4.72 Å². The number of benzene rings is 1. The maximum atomic E-state index is 13.8. The number of piperazine rings is 1. The first-order valence-electron chi connectivity index (χ1n) is 10.6. The molecule has 1 N–H and O–H groups in total. The van der Waals surface area contributed by atoms with Gasteiger partial charge in [0.1, 0.15) is 0 Å². The lowest BCUT2D eigenvalue weighted by Gasteiger charge is -2.34. The maximum absolute atomic E-state index is 13.8. The Morgan fingerprint density at radius 1 is 1.17 bits per heavy atom. The topological polar surface area (TPSA) is 96.2 Å². The number of carbonyl (C=O) groups excluding carboxylic acids is 1. The van der Waals surface area contributed by atoms with Crippen LogP contribution in [0.25, 0.3) is 11.3 Å². The van der Waals surface area contributed by atoms with Gasteiger partial charge in [-0.1, -0.05) is 12.1 Å². The van der Waals surface area contributed by atoms with E-state index in [4.69, 9.17) is 0 Å². The predicted octanol–water partition coefficient (Wildman–Crippen LogP) is 2.82. The smallest absolute Gasteiger partial charge is 0.320 e. The Morgan fingerprint density at radius 3 is 2.54 bits per heavy atom. The molecule has 1 amide bonds. The van der Waals surface area contributed by atoms with Crippen molar-refractivity contribution in [1.29, 1.82) is 0 Å². The summed E-state index contributed by atoms with van der Waals surface area (Å²) < 4.78 is 57.0. The van der Waals surface area contributed by atoms with Gasteiger partial charge in [-0.25, -0.2) is 9.00 Å². The van der Waals surface area contributed by atoms with Gasteiger partial charge >= 0.3 is 12.2 Å². The van der Waals surface area contributed by atoms with Crippen LogP contribution in [0.15, 0.2) is 49.2 Å². The molecule has 0 aliphatic carbocycles. The fourth-order valence-electron chi connectivity index (χ4n) is 3.80. The number of halogens is 3. The van der Waals surface area contributed by atoms with Gasteiger partial charge in [-0.2, -0.15) is 23.0 Å². The van der Waals surface area contributed by atoms with E-state index in [-0.39, 0.29) is 18.1 Å². The summed E-state index contributed by atoms with van der Waals surface area (Å²) in [5.41, 5.74) is 0.558. The minimum Gasteiger partial charge on any atom is -0.320 e. The van der Waals surface area contributed by atoms with E-state index >= 15 is 0 Å². The third-order valence-electron chi connectivity index (χ3n) is 5.42. The van der Waals surface area contributed by atoms with Crippen LogP contribution in [0.3, 0.4) is 0 Å². The molecule has 35 heavy (non-hydrogen) atoms. The second kappa shape index (κ2) is 9.66. The lowest BCUT2D eigenvalue weighted by atomic mass is 10.0. The van der Waals surface area contributed by atoms with Gasteiger partial charge in [0, 0.05) is 66.6 Å². The highest BCUT2D eigenvalue weighted by molar-refractivity contribution is 8.00. The van der Waals surface area contributed by atoms with E-state index in [1.807, 2.05) is 4.90 Å². The van der Waals surface area contributed by atoms with E-state index in [1.165, 1.54) is 43.3 Å². The largest absolute Gasteiger partial charge is 0.416 e. The molecule has 1 atom stereocenters. The van der Waals surface area contributed by atoms with Gasteiger partial charge < -0.3 is 9.62 Å². The van der Waals surface area contributed by atoms with Crippen LogP contribution in [0.5, 0.6) is 0 Å². The summed E-state index contributed by atoms with van der Waals surface area (Å²) in [4.78, 5) is 24.2. The van der Waals surface area contributed by atoms with Gasteiger partial charge in [-0.3, -0.25) is 14.9 Å². The summed E-state index contributed by atoms with van der Waals surface area (Å²) in [6.07, 6.45) is 4.03. The van der Waals surface area contributed by atoms with E-state index < -0.39 is 21.4 Å². The average molecular weight is 508 g/mol. The first-order chi connectivity index (χ1) is 16.5. The molecule has 1 fully saturated rings. The minimum atomic E-state index is -4.52. The van der Waals surface area contributed by atoms with Crippen LogP contribution >= 0.6 is 0 Å². The number of anilines is 1. The Kier molecular flexibility index (Phi) is 6.81. The van der Waals surface area contributed by atoms with Crippen molar-refractivity contribution in [2.45, 2.75) is 12.7 Å². The predicted molar refractivity (Wildman–Crippen MR) is 127 cm³/mol. The van der Waals surface area contributed by atoms with Gasteiger partial charge in [-0.05, 0) is 17.5 Å². The van der Waals surface area contributed by atoms with Crippen LogP contribution in [0, 0.1) is 0 Å². The van der Waals surface area contributed by atoms with E-state index in [0.29, 0.717) is 43.1 Å². The SMILES string of the molecule is C=S(C)(=O)Nc1cnn(C(=O)N2CCN(Cc3ccc(-c4cnccn4)cc3C(F)(F)F)CC2)c1. The molecule has 0 spiro atoms. The Hall–Kier alpha value is -3.45. The first-order valence-corrected chi connectivity index (χ1v) is 12.8. The summed E-state index contributed by atoms with van der Waals surface area (Å²) in [6, 6.07) is 3.81. The molecule has 0 bridgehead atoms. The molecule has 1 saturated heterocycles. The molecule has 0 saturated carbocycles. The van der Waals surface area contributed by atoms with Crippen LogP contribution in [-0.4, -0.2) is 78.1 Å². The lowest BCUT2D eigenvalue weighted by Crippen LogP contribution is -2.49. The fraction of sp³-hybridized carbons (Fsp3) is 0.318. The van der Waals surface area contributed by atoms with Crippen molar-refractivity contribution in [3.63, 3.8) is 0 Å². The van der Waals surface area contributed by atoms with Crippen molar-refractivity contribution in [3.8, 4) is 11.3 Å². The fourth-order valence-corrected chi connectivity index (χ4v) is 4.40. The first kappa shape index (κ1) is 24.7. The summed E-state index contributed by atoms with van der Waals surface area (Å²) in [5, 5.41) is 4.00. The maximum Gasteiger partial charge on any atom is 0.416 e. The second-order valence-electron chi connectivity index (χ2n) is 8.29. The molecule has 1 aliphatic heterocycles. The highest BCUT2D eigenvalue weighted by Gasteiger charge is 2.34. The molecular weight excluding hydrogens is 483 g/mol. The molecule has 13 heteroatoms. The van der Waals surface area contributed by atoms with Crippen LogP contribution in [0.1, 0.15) is 11.1 Å². The number of nitrogens with one attached hydrogen (secondary N) is 1.